The molecule has 0 saturated heterocycles. The number of carbonyl (C=O) groups excluding carboxylic acids is 2. The Hall–Kier alpha value is -1.27. The van der Waals surface area contributed by atoms with Gasteiger partial charge in [0.05, 0.1) is 0 Å². The predicted octanol–water partition coefficient (Wildman–Crippen LogP) is 2.89. The van der Waals surface area contributed by atoms with E-state index in [0.29, 0.717) is 11.6 Å². The molecule has 2 amide bonds. The normalized spacial score (nSPS) is 15.8. The number of aryl methyl sites for hydroxylation is 1. The molecule has 0 aromatic carbocycles. The summed E-state index contributed by atoms with van der Waals surface area (Å²) < 4.78 is 4.88. The molecule has 1 aliphatic carbocycles. The second-order valence-corrected chi connectivity index (χ2v) is 6.53. The van der Waals surface area contributed by atoms with Crippen molar-refractivity contribution in [2.24, 2.45) is 0 Å². The van der Waals surface area contributed by atoms with Crippen molar-refractivity contribution in [1.29, 1.82) is 0 Å². The SMILES string of the molecule is Cc1cc(NC(=O)CN(C(=O)C(Cl)Cl)C2CCCCC2)no1. The fourth-order valence-corrected chi connectivity index (χ4v) is 2.92. The number of nitrogens with zero attached hydrogens (tertiary/aromatic N) is 2. The van der Waals surface area contributed by atoms with Gasteiger partial charge in [-0.1, -0.05) is 47.6 Å². The molecule has 1 saturated carbocycles. The Balaban J connectivity index is 2.01. The van der Waals surface area contributed by atoms with E-state index in [1.807, 2.05) is 0 Å². The molecule has 1 aliphatic rings. The Bertz CT molecular complexity index is 527. The third-order valence-corrected chi connectivity index (χ3v) is 4.07. The number of nitrogens with one attached hydrogen (secondary N) is 1. The molecule has 1 aromatic heterocycles. The molecule has 22 heavy (non-hydrogen) atoms. The number of aromatic nitrogens is 1. The highest BCUT2D eigenvalue weighted by molar-refractivity contribution is 6.53. The first kappa shape index (κ1) is 17.1. The summed E-state index contributed by atoms with van der Waals surface area (Å²) in [7, 11) is 0. The molecule has 0 aliphatic heterocycles. The van der Waals surface area contributed by atoms with Crippen molar-refractivity contribution in [2.45, 2.75) is 49.9 Å². The molecule has 0 radical (unpaired) electrons. The molecule has 122 valence electrons. The van der Waals surface area contributed by atoms with E-state index in [1.54, 1.807) is 13.0 Å². The Morgan fingerprint density at radius 3 is 2.64 bits per heavy atom. The van der Waals surface area contributed by atoms with E-state index in [4.69, 9.17) is 27.7 Å². The second-order valence-electron chi connectivity index (χ2n) is 5.43. The van der Waals surface area contributed by atoms with Gasteiger partial charge in [0.1, 0.15) is 12.3 Å². The molecule has 1 fully saturated rings. The first-order valence-electron chi connectivity index (χ1n) is 7.29. The van der Waals surface area contributed by atoms with E-state index in [1.165, 1.54) is 4.90 Å². The molecule has 0 atom stereocenters. The maximum absolute atomic E-state index is 12.2. The zero-order valence-electron chi connectivity index (χ0n) is 12.3. The molecule has 2 rings (SSSR count). The zero-order valence-corrected chi connectivity index (χ0v) is 13.9. The number of alkyl halides is 2. The van der Waals surface area contributed by atoms with Crippen molar-refractivity contribution in [2.75, 3.05) is 11.9 Å². The lowest BCUT2D eigenvalue weighted by molar-refractivity contribution is -0.136. The molecule has 6 nitrogen and oxygen atoms in total. The van der Waals surface area contributed by atoms with Crippen LogP contribution in [0.4, 0.5) is 5.82 Å². The summed E-state index contributed by atoms with van der Waals surface area (Å²) >= 11 is 11.4. The van der Waals surface area contributed by atoms with Gasteiger partial charge in [0.2, 0.25) is 5.91 Å². The molecule has 1 heterocycles. The molecule has 0 spiro atoms. The second kappa shape index (κ2) is 7.83. The molecule has 1 aromatic rings. The highest BCUT2D eigenvalue weighted by atomic mass is 35.5. The van der Waals surface area contributed by atoms with Crippen LogP contribution >= 0.6 is 23.2 Å². The minimum atomic E-state index is -1.16. The van der Waals surface area contributed by atoms with Crippen molar-refractivity contribution in [1.82, 2.24) is 10.1 Å². The molecule has 1 N–H and O–H groups in total. The van der Waals surface area contributed by atoms with E-state index < -0.39 is 10.7 Å². The summed E-state index contributed by atoms with van der Waals surface area (Å²) in [5.41, 5.74) is 0. The first-order chi connectivity index (χ1) is 10.5. The summed E-state index contributed by atoms with van der Waals surface area (Å²) in [4.78, 5) is 24.6. The highest BCUT2D eigenvalue weighted by Crippen LogP contribution is 2.24. The van der Waals surface area contributed by atoms with Gasteiger partial charge >= 0.3 is 0 Å². The number of rotatable bonds is 5. The van der Waals surface area contributed by atoms with Crippen molar-refractivity contribution < 1.29 is 14.1 Å². The molecule has 0 unspecified atom stereocenters. The van der Waals surface area contributed by atoms with Gasteiger partial charge in [-0.15, -0.1) is 0 Å². The van der Waals surface area contributed by atoms with Crippen LogP contribution in [0.3, 0.4) is 0 Å². The van der Waals surface area contributed by atoms with Gasteiger partial charge < -0.3 is 14.7 Å². The predicted molar refractivity (Wildman–Crippen MR) is 83.9 cm³/mol. The standard InChI is InChI=1S/C14H19Cl2N3O3/c1-9-7-11(18-22-9)17-12(20)8-19(14(21)13(15)16)10-5-3-2-4-6-10/h7,10,13H,2-6,8H2,1H3,(H,17,18,20). The van der Waals surface area contributed by atoms with E-state index in [2.05, 4.69) is 10.5 Å². The maximum Gasteiger partial charge on any atom is 0.256 e. The summed E-state index contributed by atoms with van der Waals surface area (Å²) in [6, 6.07) is 1.61. The molecule has 8 heteroatoms. The van der Waals surface area contributed by atoms with Gasteiger partial charge in [-0.05, 0) is 19.8 Å². The topological polar surface area (TPSA) is 75.4 Å². The van der Waals surface area contributed by atoms with Crippen LogP contribution in [0.25, 0.3) is 0 Å². The number of anilines is 1. The fraction of sp³-hybridized carbons (Fsp3) is 0.643. The lowest BCUT2D eigenvalue weighted by Gasteiger charge is -2.34. The Morgan fingerprint density at radius 2 is 2.09 bits per heavy atom. The average Bonchev–Trinajstić information content (AvgIpc) is 2.90. The van der Waals surface area contributed by atoms with Crippen molar-refractivity contribution in [3.63, 3.8) is 0 Å². The number of carbonyl (C=O) groups is 2. The monoisotopic (exact) mass is 347 g/mol. The van der Waals surface area contributed by atoms with E-state index in [9.17, 15) is 9.59 Å². The highest BCUT2D eigenvalue weighted by Gasteiger charge is 2.30. The maximum atomic E-state index is 12.2. The largest absolute Gasteiger partial charge is 0.360 e. The summed E-state index contributed by atoms with van der Waals surface area (Å²) in [6.45, 7) is 1.64. The van der Waals surface area contributed by atoms with Crippen LogP contribution < -0.4 is 5.32 Å². The number of amides is 2. The molecular formula is C14H19Cl2N3O3. The van der Waals surface area contributed by atoms with E-state index in [0.717, 1.165) is 32.1 Å². The molecular weight excluding hydrogens is 329 g/mol. The van der Waals surface area contributed by atoms with Crippen molar-refractivity contribution in [3.05, 3.63) is 11.8 Å². The number of hydrogen-bond acceptors (Lipinski definition) is 4. The van der Waals surface area contributed by atoms with Gasteiger partial charge in [-0.25, -0.2) is 0 Å². The van der Waals surface area contributed by atoms with Gasteiger partial charge in [0.25, 0.3) is 5.91 Å². The van der Waals surface area contributed by atoms with Crippen LogP contribution in [0, 0.1) is 6.92 Å². The summed E-state index contributed by atoms with van der Waals surface area (Å²) in [5, 5.41) is 6.30. The lowest BCUT2D eigenvalue weighted by atomic mass is 9.94. The van der Waals surface area contributed by atoms with Gasteiger partial charge in [0, 0.05) is 12.1 Å². The first-order valence-corrected chi connectivity index (χ1v) is 8.16. The van der Waals surface area contributed by atoms with Crippen LogP contribution in [-0.2, 0) is 9.59 Å². The number of hydrogen-bond donors (Lipinski definition) is 1. The van der Waals surface area contributed by atoms with Gasteiger partial charge in [-0.2, -0.15) is 0 Å². The summed E-state index contributed by atoms with van der Waals surface area (Å²) in [6.07, 6.45) is 4.95. The minimum absolute atomic E-state index is 0.00560. The van der Waals surface area contributed by atoms with Gasteiger partial charge in [-0.3, -0.25) is 9.59 Å². The van der Waals surface area contributed by atoms with Crippen molar-refractivity contribution >= 4 is 40.8 Å². The third-order valence-electron chi connectivity index (χ3n) is 3.69. The average molecular weight is 348 g/mol. The van der Waals surface area contributed by atoms with Gasteiger partial charge in [0.15, 0.2) is 10.7 Å². The number of halogens is 2. The lowest BCUT2D eigenvalue weighted by Crippen LogP contribution is -2.47. The summed E-state index contributed by atoms with van der Waals surface area (Å²) in [5.74, 6) is 0.145. The third kappa shape index (κ3) is 4.61. The van der Waals surface area contributed by atoms with Crippen LogP contribution in [0.2, 0.25) is 0 Å². The van der Waals surface area contributed by atoms with Crippen LogP contribution in [-0.4, -0.2) is 39.3 Å². The van der Waals surface area contributed by atoms with E-state index >= 15 is 0 Å². The smallest absolute Gasteiger partial charge is 0.256 e. The van der Waals surface area contributed by atoms with Crippen LogP contribution in [0.5, 0.6) is 0 Å². The fourth-order valence-electron chi connectivity index (χ4n) is 2.67. The van der Waals surface area contributed by atoms with Crippen LogP contribution in [0.1, 0.15) is 37.9 Å². The Kier molecular flexibility index (Phi) is 6.08. The Morgan fingerprint density at radius 1 is 1.41 bits per heavy atom. The van der Waals surface area contributed by atoms with Crippen molar-refractivity contribution in [3.8, 4) is 0 Å². The zero-order chi connectivity index (χ0) is 16.1. The molecule has 0 bridgehead atoms. The Labute approximate surface area is 139 Å². The quantitative estimate of drug-likeness (QED) is 0.831. The van der Waals surface area contributed by atoms with Crippen LogP contribution in [0.15, 0.2) is 10.6 Å². The minimum Gasteiger partial charge on any atom is -0.360 e. The van der Waals surface area contributed by atoms with E-state index in [-0.39, 0.29) is 18.5 Å².